The highest BCUT2D eigenvalue weighted by Gasteiger charge is 2.21. The predicted molar refractivity (Wildman–Crippen MR) is 124 cm³/mol. The van der Waals surface area contributed by atoms with Gasteiger partial charge in [0.15, 0.2) is 0 Å². The van der Waals surface area contributed by atoms with E-state index in [4.69, 9.17) is 11.6 Å². The molecule has 32 heavy (non-hydrogen) atoms. The van der Waals surface area contributed by atoms with Crippen molar-refractivity contribution in [1.29, 1.82) is 0 Å². The Morgan fingerprint density at radius 1 is 1.03 bits per heavy atom. The average molecular weight is 459 g/mol. The Bertz CT molecular complexity index is 976. The molecule has 8 nitrogen and oxygen atoms in total. The van der Waals surface area contributed by atoms with Crippen molar-refractivity contribution in [1.82, 2.24) is 10.6 Å². The van der Waals surface area contributed by atoms with Crippen molar-refractivity contribution in [2.75, 3.05) is 18.4 Å². The largest absolute Gasteiger partial charge is 0.375 e. The van der Waals surface area contributed by atoms with Gasteiger partial charge in [-0.15, -0.1) is 0 Å². The highest BCUT2D eigenvalue weighted by molar-refractivity contribution is 6.31. The molecular formula is C23H27ClN4O4. The molecule has 0 heterocycles. The number of nitrogens with one attached hydrogen (secondary N) is 3. The molecule has 1 aliphatic rings. The van der Waals surface area contributed by atoms with Crippen LogP contribution >= 0.6 is 11.6 Å². The summed E-state index contributed by atoms with van der Waals surface area (Å²) in [5.41, 5.74) is 1.08. The minimum Gasteiger partial charge on any atom is -0.375 e. The fourth-order valence-electron chi connectivity index (χ4n) is 3.78. The minimum atomic E-state index is -0.532. The van der Waals surface area contributed by atoms with Crippen molar-refractivity contribution in [2.45, 2.75) is 38.6 Å². The SMILES string of the molecule is O=C(NCCNC(=O)C1CCCCC1)c1ccc(NCc2ccccc2Cl)c([N+](=O)[O-])c1. The molecule has 3 rings (SSSR count). The van der Waals surface area contributed by atoms with E-state index in [1.807, 2.05) is 18.2 Å². The summed E-state index contributed by atoms with van der Waals surface area (Å²) in [5, 5.41) is 20.6. The summed E-state index contributed by atoms with van der Waals surface area (Å²) >= 11 is 6.13. The fourth-order valence-corrected chi connectivity index (χ4v) is 3.98. The average Bonchev–Trinajstić information content (AvgIpc) is 2.81. The maximum atomic E-state index is 12.4. The first kappa shape index (κ1) is 23.5. The molecule has 1 aliphatic carbocycles. The van der Waals surface area contributed by atoms with Gasteiger partial charge < -0.3 is 16.0 Å². The van der Waals surface area contributed by atoms with E-state index in [-0.39, 0.29) is 29.6 Å². The summed E-state index contributed by atoms with van der Waals surface area (Å²) < 4.78 is 0. The van der Waals surface area contributed by atoms with Gasteiger partial charge >= 0.3 is 0 Å². The molecule has 3 N–H and O–H groups in total. The number of rotatable bonds is 9. The lowest BCUT2D eigenvalue weighted by Crippen LogP contribution is -2.38. The molecule has 9 heteroatoms. The first-order chi connectivity index (χ1) is 15.5. The molecule has 0 aromatic heterocycles. The van der Waals surface area contributed by atoms with Crippen LogP contribution in [0.1, 0.15) is 48.0 Å². The zero-order chi connectivity index (χ0) is 22.9. The second-order valence-corrected chi connectivity index (χ2v) is 8.22. The zero-order valence-corrected chi connectivity index (χ0v) is 18.5. The summed E-state index contributed by atoms with van der Waals surface area (Å²) in [7, 11) is 0. The molecule has 0 saturated heterocycles. The van der Waals surface area contributed by atoms with Crippen LogP contribution < -0.4 is 16.0 Å². The van der Waals surface area contributed by atoms with Crippen LogP contribution in [0.4, 0.5) is 11.4 Å². The molecule has 1 fully saturated rings. The summed E-state index contributed by atoms with van der Waals surface area (Å²) in [6.07, 6.45) is 5.17. The molecular weight excluding hydrogens is 432 g/mol. The molecule has 0 radical (unpaired) electrons. The lowest BCUT2D eigenvalue weighted by molar-refractivity contribution is -0.384. The Morgan fingerprint density at radius 3 is 2.47 bits per heavy atom. The predicted octanol–water partition coefficient (Wildman–Crippen LogP) is 4.29. The Labute approximate surface area is 191 Å². The third-order valence-electron chi connectivity index (χ3n) is 5.57. The number of carbonyl (C=O) groups is 2. The van der Waals surface area contributed by atoms with Gasteiger partial charge in [0.2, 0.25) is 5.91 Å². The Balaban J connectivity index is 1.53. The van der Waals surface area contributed by atoms with Gasteiger partial charge in [-0.2, -0.15) is 0 Å². The van der Waals surface area contributed by atoms with Gasteiger partial charge in [-0.05, 0) is 36.6 Å². The lowest BCUT2D eigenvalue weighted by atomic mass is 9.89. The monoisotopic (exact) mass is 458 g/mol. The van der Waals surface area contributed by atoms with E-state index in [2.05, 4.69) is 16.0 Å². The first-order valence-electron chi connectivity index (χ1n) is 10.8. The van der Waals surface area contributed by atoms with E-state index in [1.165, 1.54) is 24.6 Å². The van der Waals surface area contributed by atoms with Gasteiger partial charge in [-0.1, -0.05) is 49.1 Å². The third-order valence-corrected chi connectivity index (χ3v) is 5.94. The second-order valence-electron chi connectivity index (χ2n) is 7.82. The lowest BCUT2D eigenvalue weighted by Gasteiger charge is -2.20. The second kappa shape index (κ2) is 11.5. The topological polar surface area (TPSA) is 113 Å². The number of nitro groups is 1. The molecule has 2 amide bonds. The molecule has 0 atom stereocenters. The Kier molecular flexibility index (Phi) is 8.44. The van der Waals surface area contributed by atoms with Crippen molar-refractivity contribution in [3.05, 3.63) is 68.7 Å². The van der Waals surface area contributed by atoms with E-state index in [0.29, 0.717) is 23.8 Å². The molecule has 0 spiro atoms. The number of carbonyl (C=O) groups excluding carboxylic acids is 2. The van der Waals surface area contributed by atoms with E-state index in [9.17, 15) is 19.7 Å². The summed E-state index contributed by atoms with van der Waals surface area (Å²) in [5.74, 6) is -0.339. The third kappa shape index (κ3) is 6.43. The van der Waals surface area contributed by atoms with Crippen LogP contribution in [0.25, 0.3) is 0 Å². The van der Waals surface area contributed by atoms with Crippen LogP contribution in [-0.2, 0) is 11.3 Å². The van der Waals surface area contributed by atoms with Gasteiger partial charge in [0.05, 0.1) is 4.92 Å². The molecule has 0 aliphatic heterocycles. The normalized spacial score (nSPS) is 13.9. The number of halogens is 1. The fraction of sp³-hybridized carbons (Fsp3) is 0.391. The number of hydrogen-bond donors (Lipinski definition) is 3. The van der Waals surface area contributed by atoms with E-state index < -0.39 is 10.8 Å². The number of anilines is 1. The van der Waals surface area contributed by atoms with Crippen LogP contribution in [-0.4, -0.2) is 29.8 Å². The maximum absolute atomic E-state index is 12.4. The molecule has 1 saturated carbocycles. The summed E-state index contributed by atoms with van der Waals surface area (Å²) in [6, 6.07) is 11.5. The van der Waals surface area contributed by atoms with Crippen molar-refractivity contribution in [3.63, 3.8) is 0 Å². The maximum Gasteiger partial charge on any atom is 0.293 e. The van der Waals surface area contributed by atoms with Gasteiger partial charge in [0.25, 0.3) is 11.6 Å². The minimum absolute atomic E-state index is 0.0310. The first-order valence-corrected chi connectivity index (χ1v) is 11.1. The van der Waals surface area contributed by atoms with Crippen molar-refractivity contribution >= 4 is 34.8 Å². The van der Waals surface area contributed by atoms with Gasteiger partial charge in [0.1, 0.15) is 5.69 Å². The van der Waals surface area contributed by atoms with Gasteiger partial charge in [0, 0.05) is 42.2 Å². The smallest absolute Gasteiger partial charge is 0.293 e. The van der Waals surface area contributed by atoms with Crippen LogP contribution in [0.2, 0.25) is 5.02 Å². The molecule has 2 aromatic rings. The Morgan fingerprint density at radius 2 is 1.75 bits per heavy atom. The van der Waals surface area contributed by atoms with Crippen LogP contribution in [0.15, 0.2) is 42.5 Å². The van der Waals surface area contributed by atoms with Crippen LogP contribution in [0.3, 0.4) is 0 Å². The molecule has 170 valence electrons. The number of nitrogens with zero attached hydrogens (tertiary/aromatic N) is 1. The number of nitro benzene ring substituents is 1. The molecule has 0 bridgehead atoms. The summed E-state index contributed by atoms with van der Waals surface area (Å²) in [6.45, 7) is 0.880. The standard InChI is InChI=1S/C23H27ClN4O4/c24-19-9-5-4-8-18(19)15-27-20-11-10-17(14-21(20)28(31)32)23(30)26-13-12-25-22(29)16-6-2-1-3-7-16/h4-5,8-11,14,16,27H,1-3,6-7,12-13,15H2,(H,25,29)(H,26,30). The van der Waals surface area contributed by atoms with Crippen LogP contribution in [0.5, 0.6) is 0 Å². The van der Waals surface area contributed by atoms with Crippen molar-refractivity contribution in [3.8, 4) is 0 Å². The highest BCUT2D eigenvalue weighted by atomic mass is 35.5. The van der Waals surface area contributed by atoms with E-state index in [1.54, 1.807) is 6.07 Å². The van der Waals surface area contributed by atoms with E-state index in [0.717, 1.165) is 31.2 Å². The number of amides is 2. The van der Waals surface area contributed by atoms with Crippen LogP contribution in [0, 0.1) is 16.0 Å². The Hall–Kier alpha value is -3.13. The molecule has 0 unspecified atom stereocenters. The molecule has 2 aromatic carbocycles. The van der Waals surface area contributed by atoms with Crippen molar-refractivity contribution in [2.24, 2.45) is 5.92 Å². The van der Waals surface area contributed by atoms with Crippen molar-refractivity contribution < 1.29 is 14.5 Å². The van der Waals surface area contributed by atoms with E-state index >= 15 is 0 Å². The zero-order valence-electron chi connectivity index (χ0n) is 17.7. The van der Waals surface area contributed by atoms with Gasteiger partial charge in [-0.25, -0.2) is 0 Å². The summed E-state index contributed by atoms with van der Waals surface area (Å²) in [4.78, 5) is 35.5. The quantitative estimate of drug-likeness (QED) is 0.295. The number of benzene rings is 2. The highest BCUT2D eigenvalue weighted by Crippen LogP contribution is 2.27. The number of hydrogen-bond acceptors (Lipinski definition) is 5. The van der Waals surface area contributed by atoms with Gasteiger partial charge in [-0.3, -0.25) is 19.7 Å².